The van der Waals surface area contributed by atoms with E-state index in [9.17, 15) is 4.79 Å². The van der Waals surface area contributed by atoms with Crippen molar-refractivity contribution in [1.82, 2.24) is 0 Å². The highest BCUT2D eigenvalue weighted by Crippen LogP contribution is 2.09. The lowest BCUT2D eigenvalue weighted by Crippen LogP contribution is -2.21. The third-order valence-electron chi connectivity index (χ3n) is 1.61. The third kappa shape index (κ3) is 0.941. The van der Waals surface area contributed by atoms with E-state index in [0.29, 0.717) is 12.3 Å². The molecule has 2 rings (SSSR count). The van der Waals surface area contributed by atoms with Gasteiger partial charge in [-0.3, -0.25) is 9.79 Å². The molecule has 54 valence electrons. The SMILES string of the molecule is O=C1C=CC=C2CN=CN=C12. The molecule has 2 aliphatic rings. The van der Waals surface area contributed by atoms with Gasteiger partial charge in [-0.2, -0.15) is 0 Å². The van der Waals surface area contributed by atoms with Crippen LogP contribution in [-0.2, 0) is 4.79 Å². The highest BCUT2D eigenvalue weighted by molar-refractivity contribution is 6.51. The van der Waals surface area contributed by atoms with Crippen LogP contribution in [0.25, 0.3) is 0 Å². The Morgan fingerprint density at radius 3 is 3.18 bits per heavy atom. The van der Waals surface area contributed by atoms with Gasteiger partial charge < -0.3 is 0 Å². The molecule has 1 aliphatic heterocycles. The third-order valence-corrected chi connectivity index (χ3v) is 1.61. The summed E-state index contributed by atoms with van der Waals surface area (Å²) in [5, 5.41) is 0. The van der Waals surface area contributed by atoms with Crippen molar-refractivity contribution >= 4 is 17.8 Å². The molecule has 3 heteroatoms. The Morgan fingerprint density at radius 2 is 2.36 bits per heavy atom. The van der Waals surface area contributed by atoms with Crippen LogP contribution in [0.4, 0.5) is 0 Å². The maximum atomic E-state index is 11.1. The Hall–Kier alpha value is -1.51. The Labute approximate surface area is 63.9 Å². The highest BCUT2D eigenvalue weighted by atomic mass is 16.1. The number of carbonyl (C=O) groups is 1. The monoisotopic (exact) mass is 146 g/mol. The minimum Gasteiger partial charge on any atom is -0.288 e. The molecule has 0 N–H and O–H groups in total. The number of fused-ring (bicyclic) bond motifs is 1. The minimum atomic E-state index is -0.0198. The van der Waals surface area contributed by atoms with E-state index in [1.165, 1.54) is 12.4 Å². The fourth-order valence-corrected chi connectivity index (χ4v) is 1.08. The molecule has 0 radical (unpaired) electrons. The van der Waals surface area contributed by atoms with Gasteiger partial charge in [-0.25, -0.2) is 4.99 Å². The summed E-state index contributed by atoms with van der Waals surface area (Å²) in [5.74, 6) is -0.0198. The molecule has 0 fully saturated rings. The fraction of sp³-hybridized carbons (Fsp3) is 0.125. The van der Waals surface area contributed by atoms with Gasteiger partial charge in [-0.1, -0.05) is 12.2 Å². The van der Waals surface area contributed by atoms with Gasteiger partial charge >= 0.3 is 0 Å². The molecule has 0 aromatic heterocycles. The maximum Gasteiger partial charge on any atom is 0.204 e. The van der Waals surface area contributed by atoms with E-state index in [4.69, 9.17) is 0 Å². The normalized spacial score (nSPS) is 20.9. The zero-order valence-corrected chi connectivity index (χ0v) is 5.82. The van der Waals surface area contributed by atoms with Crippen molar-refractivity contribution in [1.29, 1.82) is 0 Å². The van der Waals surface area contributed by atoms with Crippen LogP contribution < -0.4 is 0 Å². The minimum absolute atomic E-state index is 0.0198. The van der Waals surface area contributed by atoms with Crippen LogP contribution in [0.1, 0.15) is 0 Å². The summed E-state index contributed by atoms with van der Waals surface area (Å²) in [6, 6.07) is 0. The van der Waals surface area contributed by atoms with Gasteiger partial charge in [0.05, 0.1) is 6.54 Å². The van der Waals surface area contributed by atoms with E-state index >= 15 is 0 Å². The molecule has 0 bridgehead atoms. The van der Waals surface area contributed by atoms with Crippen molar-refractivity contribution in [3.8, 4) is 0 Å². The van der Waals surface area contributed by atoms with Gasteiger partial charge in [0.15, 0.2) is 0 Å². The molecule has 0 saturated heterocycles. The first kappa shape index (κ1) is 6.22. The van der Waals surface area contributed by atoms with Crippen molar-refractivity contribution in [2.45, 2.75) is 0 Å². The van der Waals surface area contributed by atoms with E-state index < -0.39 is 0 Å². The summed E-state index contributed by atoms with van der Waals surface area (Å²) in [7, 11) is 0. The Bertz CT molecular complexity index is 321. The quantitative estimate of drug-likeness (QED) is 0.460. The van der Waals surface area contributed by atoms with Crippen LogP contribution in [0, 0.1) is 0 Å². The summed E-state index contributed by atoms with van der Waals surface area (Å²) in [6.45, 7) is 0.578. The Kier molecular flexibility index (Phi) is 1.28. The smallest absolute Gasteiger partial charge is 0.204 e. The molecule has 0 aromatic rings. The second-order valence-electron chi connectivity index (χ2n) is 2.35. The lowest BCUT2D eigenvalue weighted by atomic mass is 10.0. The van der Waals surface area contributed by atoms with E-state index in [0.717, 1.165) is 5.57 Å². The number of hydrogen-bond acceptors (Lipinski definition) is 3. The average molecular weight is 146 g/mol. The van der Waals surface area contributed by atoms with Gasteiger partial charge in [0.2, 0.25) is 5.78 Å². The van der Waals surface area contributed by atoms with Gasteiger partial charge in [0.25, 0.3) is 0 Å². The van der Waals surface area contributed by atoms with Gasteiger partial charge in [0, 0.05) is 5.57 Å². The number of rotatable bonds is 0. The number of hydrogen-bond donors (Lipinski definition) is 0. The molecular formula is C8H6N2O. The molecule has 0 unspecified atom stereocenters. The summed E-state index contributed by atoms with van der Waals surface area (Å²) < 4.78 is 0. The number of carbonyl (C=O) groups excluding carboxylic acids is 1. The van der Waals surface area contributed by atoms with E-state index in [2.05, 4.69) is 9.98 Å². The number of ketones is 1. The fourth-order valence-electron chi connectivity index (χ4n) is 1.08. The maximum absolute atomic E-state index is 11.1. The molecule has 0 saturated carbocycles. The van der Waals surface area contributed by atoms with Gasteiger partial charge in [0.1, 0.15) is 12.1 Å². The predicted molar refractivity (Wildman–Crippen MR) is 43.0 cm³/mol. The van der Waals surface area contributed by atoms with Crippen LogP contribution in [0.2, 0.25) is 0 Å². The lowest BCUT2D eigenvalue weighted by molar-refractivity contribution is -0.108. The zero-order valence-electron chi connectivity index (χ0n) is 5.82. The summed E-state index contributed by atoms with van der Waals surface area (Å²) in [6.07, 6.45) is 6.56. The van der Waals surface area contributed by atoms with Crippen molar-refractivity contribution in [2.24, 2.45) is 9.98 Å². The molecule has 1 aliphatic carbocycles. The molecule has 0 amide bonds. The summed E-state index contributed by atoms with van der Waals surface area (Å²) in [4.78, 5) is 18.9. The molecule has 11 heavy (non-hydrogen) atoms. The Morgan fingerprint density at radius 1 is 1.45 bits per heavy atom. The highest BCUT2D eigenvalue weighted by Gasteiger charge is 2.17. The van der Waals surface area contributed by atoms with Crippen molar-refractivity contribution in [3.05, 3.63) is 23.8 Å². The number of allylic oxidation sites excluding steroid dienone is 3. The van der Waals surface area contributed by atoms with Gasteiger partial charge in [-0.15, -0.1) is 0 Å². The van der Waals surface area contributed by atoms with Crippen molar-refractivity contribution in [2.75, 3.05) is 6.54 Å². The van der Waals surface area contributed by atoms with Crippen LogP contribution in [0.5, 0.6) is 0 Å². The number of nitrogens with zero attached hydrogens (tertiary/aromatic N) is 2. The first-order valence-electron chi connectivity index (χ1n) is 3.36. The van der Waals surface area contributed by atoms with E-state index in [1.54, 1.807) is 6.08 Å². The summed E-state index contributed by atoms with van der Waals surface area (Å²) >= 11 is 0. The lowest BCUT2D eigenvalue weighted by Gasteiger charge is -2.10. The van der Waals surface area contributed by atoms with Crippen LogP contribution >= 0.6 is 0 Å². The summed E-state index contributed by atoms with van der Waals surface area (Å²) in [5.41, 5.74) is 1.46. The second-order valence-corrected chi connectivity index (χ2v) is 2.35. The van der Waals surface area contributed by atoms with E-state index in [1.807, 2.05) is 6.08 Å². The topological polar surface area (TPSA) is 41.8 Å². The molecule has 0 spiro atoms. The van der Waals surface area contributed by atoms with Crippen LogP contribution in [-0.4, -0.2) is 24.4 Å². The molecule has 0 atom stereocenters. The average Bonchev–Trinajstić information content (AvgIpc) is 2.06. The van der Waals surface area contributed by atoms with Crippen LogP contribution in [0.15, 0.2) is 33.8 Å². The standard InChI is InChI=1S/C8H6N2O/c11-7-3-1-2-6-4-9-5-10-8(6)7/h1-3,5H,4H2. The van der Waals surface area contributed by atoms with Crippen molar-refractivity contribution < 1.29 is 4.79 Å². The molecule has 0 aromatic carbocycles. The zero-order chi connectivity index (χ0) is 7.68. The van der Waals surface area contributed by atoms with Crippen molar-refractivity contribution in [3.63, 3.8) is 0 Å². The first-order chi connectivity index (χ1) is 5.38. The van der Waals surface area contributed by atoms with Crippen LogP contribution in [0.3, 0.4) is 0 Å². The largest absolute Gasteiger partial charge is 0.288 e. The second kappa shape index (κ2) is 2.27. The predicted octanol–water partition coefficient (Wildman–Crippen LogP) is 0.535. The Balaban J connectivity index is 2.48. The molecule has 3 nitrogen and oxygen atoms in total. The molecule has 1 heterocycles. The van der Waals surface area contributed by atoms with E-state index in [-0.39, 0.29) is 5.78 Å². The number of aliphatic imine (C=N–C) groups is 2. The van der Waals surface area contributed by atoms with Gasteiger partial charge in [-0.05, 0) is 6.08 Å². The first-order valence-corrected chi connectivity index (χ1v) is 3.36. The molecular weight excluding hydrogens is 140 g/mol.